The predicted octanol–water partition coefficient (Wildman–Crippen LogP) is 1.26. The number of aryl methyl sites for hydroxylation is 1. The van der Waals surface area contributed by atoms with Crippen LogP contribution in [-0.4, -0.2) is 21.6 Å². The van der Waals surface area contributed by atoms with Crippen LogP contribution < -0.4 is 16.0 Å². The highest BCUT2D eigenvalue weighted by atomic mass is 79.9. The van der Waals surface area contributed by atoms with E-state index in [4.69, 9.17) is 10.6 Å². The second kappa shape index (κ2) is 4.92. The minimum Gasteiger partial charge on any atom is -0.493 e. The van der Waals surface area contributed by atoms with Gasteiger partial charge in [0.25, 0.3) is 0 Å². The van der Waals surface area contributed by atoms with E-state index in [1.54, 1.807) is 4.68 Å². The van der Waals surface area contributed by atoms with Gasteiger partial charge in [-0.1, -0.05) is 23.4 Å². The van der Waals surface area contributed by atoms with Gasteiger partial charge in [-0.25, -0.2) is 4.68 Å². The van der Waals surface area contributed by atoms with E-state index in [9.17, 15) is 0 Å². The standard InChI is InChI=1S/C12H14BrN5O/c1-18-11(12(13)16-17-18)10(15-14)8-6-19-9-5-3-2-4-7(8)9/h2-5,8,10,15H,6,14H2,1H3. The van der Waals surface area contributed by atoms with E-state index in [2.05, 4.69) is 37.7 Å². The Balaban J connectivity index is 2.01. The van der Waals surface area contributed by atoms with Crippen molar-refractivity contribution < 1.29 is 4.74 Å². The van der Waals surface area contributed by atoms with Crippen molar-refractivity contribution in [2.24, 2.45) is 12.9 Å². The summed E-state index contributed by atoms with van der Waals surface area (Å²) < 4.78 is 8.13. The van der Waals surface area contributed by atoms with Crippen LogP contribution >= 0.6 is 15.9 Å². The number of ether oxygens (including phenoxy) is 1. The zero-order valence-electron chi connectivity index (χ0n) is 10.4. The van der Waals surface area contributed by atoms with Gasteiger partial charge in [0, 0.05) is 18.5 Å². The molecule has 7 heteroatoms. The van der Waals surface area contributed by atoms with E-state index in [1.807, 2.05) is 25.2 Å². The van der Waals surface area contributed by atoms with Crippen LogP contribution in [0.25, 0.3) is 0 Å². The number of hydrazine groups is 1. The minimum absolute atomic E-state index is 0.113. The molecule has 2 unspecified atom stereocenters. The maximum absolute atomic E-state index is 5.74. The summed E-state index contributed by atoms with van der Waals surface area (Å²) in [6, 6.07) is 7.89. The quantitative estimate of drug-likeness (QED) is 0.656. The molecule has 3 N–H and O–H groups in total. The molecule has 0 amide bonds. The molecular weight excluding hydrogens is 310 g/mol. The molecule has 2 atom stereocenters. The number of benzene rings is 1. The van der Waals surface area contributed by atoms with Crippen molar-refractivity contribution in [3.63, 3.8) is 0 Å². The van der Waals surface area contributed by atoms with Crippen LogP contribution in [0.3, 0.4) is 0 Å². The Morgan fingerprint density at radius 3 is 3.00 bits per heavy atom. The molecule has 2 aromatic rings. The van der Waals surface area contributed by atoms with Crippen molar-refractivity contribution >= 4 is 15.9 Å². The number of nitrogens with one attached hydrogen (secondary N) is 1. The number of para-hydroxylation sites is 1. The number of hydrogen-bond acceptors (Lipinski definition) is 5. The van der Waals surface area contributed by atoms with Gasteiger partial charge >= 0.3 is 0 Å². The van der Waals surface area contributed by atoms with Gasteiger partial charge in [-0.3, -0.25) is 11.3 Å². The normalized spacial score (nSPS) is 19.0. The van der Waals surface area contributed by atoms with Crippen LogP contribution in [0.1, 0.15) is 23.2 Å². The van der Waals surface area contributed by atoms with Crippen molar-refractivity contribution in [2.75, 3.05) is 6.61 Å². The molecule has 6 nitrogen and oxygen atoms in total. The van der Waals surface area contributed by atoms with Gasteiger partial charge in [0.15, 0.2) is 4.60 Å². The van der Waals surface area contributed by atoms with Gasteiger partial charge in [-0.15, -0.1) is 5.10 Å². The van der Waals surface area contributed by atoms with Crippen LogP contribution in [0, 0.1) is 0 Å². The molecule has 0 radical (unpaired) electrons. The topological polar surface area (TPSA) is 78.0 Å². The lowest BCUT2D eigenvalue weighted by Crippen LogP contribution is -2.34. The third-order valence-corrected chi connectivity index (χ3v) is 4.00. The van der Waals surface area contributed by atoms with E-state index in [1.165, 1.54) is 0 Å². The minimum atomic E-state index is -0.113. The Kier molecular flexibility index (Phi) is 3.26. The van der Waals surface area contributed by atoms with Crippen molar-refractivity contribution in [2.45, 2.75) is 12.0 Å². The van der Waals surface area contributed by atoms with E-state index in [0.717, 1.165) is 17.0 Å². The van der Waals surface area contributed by atoms with E-state index in [0.29, 0.717) is 11.2 Å². The third-order valence-electron chi connectivity index (χ3n) is 3.44. The van der Waals surface area contributed by atoms with Crippen molar-refractivity contribution in [3.05, 3.63) is 40.1 Å². The highest BCUT2D eigenvalue weighted by molar-refractivity contribution is 9.10. The maximum Gasteiger partial charge on any atom is 0.153 e. The number of fused-ring (bicyclic) bond motifs is 1. The lowest BCUT2D eigenvalue weighted by molar-refractivity contribution is 0.295. The predicted molar refractivity (Wildman–Crippen MR) is 73.4 cm³/mol. The summed E-state index contributed by atoms with van der Waals surface area (Å²) in [6.07, 6.45) is 0. The second-order valence-corrected chi connectivity index (χ2v) is 5.24. The Morgan fingerprint density at radius 1 is 1.53 bits per heavy atom. The molecule has 0 aliphatic carbocycles. The Labute approximate surface area is 119 Å². The highest BCUT2D eigenvalue weighted by Gasteiger charge is 2.34. The molecule has 1 aliphatic heterocycles. The Bertz CT molecular complexity index is 580. The van der Waals surface area contributed by atoms with Crippen molar-refractivity contribution in [1.29, 1.82) is 0 Å². The average Bonchev–Trinajstić information content (AvgIpc) is 2.98. The van der Waals surface area contributed by atoms with Gasteiger partial charge in [0.2, 0.25) is 0 Å². The number of hydrogen-bond donors (Lipinski definition) is 2. The van der Waals surface area contributed by atoms with E-state index >= 15 is 0 Å². The van der Waals surface area contributed by atoms with Crippen LogP contribution in [0.2, 0.25) is 0 Å². The van der Waals surface area contributed by atoms with Crippen LogP contribution in [0.5, 0.6) is 5.75 Å². The first-order valence-electron chi connectivity index (χ1n) is 5.95. The van der Waals surface area contributed by atoms with Gasteiger partial charge in [-0.2, -0.15) is 0 Å². The fourth-order valence-electron chi connectivity index (χ4n) is 2.52. The number of nitrogens with two attached hydrogens (primary N) is 1. The largest absolute Gasteiger partial charge is 0.493 e. The average molecular weight is 324 g/mol. The van der Waals surface area contributed by atoms with Crippen LogP contribution in [0.4, 0.5) is 0 Å². The summed E-state index contributed by atoms with van der Waals surface area (Å²) in [4.78, 5) is 0. The zero-order chi connectivity index (χ0) is 13.4. The third kappa shape index (κ3) is 2.03. The molecule has 1 aromatic heterocycles. The molecule has 2 heterocycles. The maximum atomic E-state index is 5.74. The van der Waals surface area contributed by atoms with Crippen LogP contribution in [0.15, 0.2) is 28.9 Å². The SMILES string of the molecule is Cn1nnc(Br)c1C(NN)C1COc2ccccc21. The number of rotatable bonds is 3. The summed E-state index contributed by atoms with van der Waals surface area (Å²) >= 11 is 3.41. The van der Waals surface area contributed by atoms with E-state index in [-0.39, 0.29) is 12.0 Å². The highest BCUT2D eigenvalue weighted by Crippen LogP contribution is 2.41. The molecule has 0 spiro atoms. The Morgan fingerprint density at radius 2 is 2.32 bits per heavy atom. The smallest absolute Gasteiger partial charge is 0.153 e. The number of nitrogens with zero attached hydrogens (tertiary/aromatic N) is 3. The van der Waals surface area contributed by atoms with Crippen LogP contribution in [-0.2, 0) is 7.05 Å². The van der Waals surface area contributed by atoms with Gasteiger partial charge in [-0.05, 0) is 22.0 Å². The molecular formula is C12H14BrN5O. The monoisotopic (exact) mass is 323 g/mol. The first kappa shape index (κ1) is 12.6. The molecule has 3 rings (SSSR count). The summed E-state index contributed by atoms with van der Waals surface area (Å²) in [6.45, 7) is 0.589. The van der Waals surface area contributed by atoms with E-state index < -0.39 is 0 Å². The zero-order valence-corrected chi connectivity index (χ0v) is 12.0. The summed E-state index contributed by atoms with van der Waals surface area (Å²) in [5.41, 5.74) is 4.92. The van der Waals surface area contributed by atoms with Crippen molar-refractivity contribution in [1.82, 2.24) is 20.4 Å². The molecule has 0 saturated heterocycles. The molecule has 0 bridgehead atoms. The molecule has 0 saturated carbocycles. The summed E-state index contributed by atoms with van der Waals surface area (Å²) in [7, 11) is 1.85. The lowest BCUT2D eigenvalue weighted by Gasteiger charge is -2.22. The van der Waals surface area contributed by atoms with Gasteiger partial charge in [0.05, 0.1) is 18.3 Å². The first-order valence-corrected chi connectivity index (χ1v) is 6.74. The molecule has 1 aliphatic rings. The van der Waals surface area contributed by atoms with Gasteiger partial charge < -0.3 is 4.74 Å². The summed E-state index contributed by atoms with van der Waals surface area (Å²) in [5, 5.41) is 8.00. The van der Waals surface area contributed by atoms with Gasteiger partial charge in [0.1, 0.15) is 5.75 Å². The fraction of sp³-hybridized carbons (Fsp3) is 0.333. The molecule has 100 valence electrons. The molecule has 19 heavy (non-hydrogen) atoms. The summed E-state index contributed by atoms with van der Waals surface area (Å²) in [5.74, 6) is 6.79. The number of aromatic nitrogens is 3. The Hall–Kier alpha value is -1.44. The molecule has 1 aromatic carbocycles. The lowest BCUT2D eigenvalue weighted by atomic mass is 9.92. The fourth-order valence-corrected chi connectivity index (χ4v) is 3.09. The number of halogens is 1. The van der Waals surface area contributed by atoms with Crippen molar-refractivity contribution in [3.8, 4) is 5.75 Å². The first-order chi connectivity index (χ1) is 9.22. The molecule has 0 fully saturated rings. The second-order valence-electron chi connectivity index (χ2n) is 4.49.